The van der Waals surface area contributed by atoms with Crippen LogP contribution in [0.5, 0.6) is 17.2 Å². The summed E-state index contributed by atoms with van der Waals surface area (Å²) in [4.78, 5) is 10.4. The normalized spacial score (nSPS) is 13.4. The van der Waals surface area contributed by atoms with Gasteiger partial charge in [-0.2, -0.15) is 4.57 Å². The van der Waals surface area contributed by atoms with Crippen LogP contribution in [0.1, 0.15) is 76.7 Å². The first-order chi connectivity index (χ1) is 20.5. The molecule has 0 bridgehead atoms. The molecule has 0 aliphatic rings. The van der Waals surface area contributed by atoms with Gasteiger partial charge < -0.3 is 18.7 Å². The van der Waals surface area contributed by atoms with Gasteiger partial charge in [0.15, 0.2) is 12.7 Å². The van der Waals surface area contributed by atoms with Crippen LogP contribution in [0.25, 0.3) is 0 Å². The van der Waals surface area contributed by atoms with Crippen molar-refractivity contribution in [3.8, 4) is 17.2 Å². The predicted molar refractivity (Wildman–Crippen MR) is 167 cm³/mol. The molecule has 10 heteroatoms. The molecule has 0 saturated carbocycles. The van der Waals surface area contributed by atoms with E-state index < -0.39 is 13.9 Å². The Morgan fingerprint density at radius 2 is 1.57 bits per heavy atom. The van der Waals surface area contributed by atoms with E-state index in [-0.39, 0.29) is 13.2 Å². The van der Waals surface area contributed by atoms with Crippen LogP contribution in [0.15, 0.2) is 65.6 Å². The lowest BCUT2D eigenvalue weighted by molar-refractivity contribution is -0.683. The van der Waals surface area contributed by atoms with E-state index in [2.05, 4.69) is 6.92 Å². The molecule has 0 aliphatic heterocycles. The molecule has 2 atom stereocenters. The van der Waals surface area contributed by atoms with E-state index >= 15 is 0 Å². The highest BCUT2D eigenvalue weighted by Crippen LogP contribution is 2.45. The molecule has 0 fully saturated rings. The summed E-state index contributed by atoms with van der Waals surface area (Å²) in [5.41, 5.74) is 2.72. The van der Waals surface area contributed by atoms with Crippen molar-refractivity contribution in [1.82, 2.24) is 0 Å². The number of hydrogen-bond donors (Lipinski definition) is 1. The number of rotatable bonds is 23. The second-order valence-corrected chi connectivity index (χ2v) is 12.5. The first kappa shape index (κ1) is 34.1. The van der Waals surface area contributed by atoms with Crippen molar-refractivity contribution in [2.45, 2.75) is 83.8 Å². The van der Waals surface area contributed by atoms with Crippen molar-refractivity contribution < 1.29 is 37.3 Å². The van der Waals surface area contributed by atoms with Crippen LogP contribution in [0.3, 0.4) is 0 Å². The zero-order chi connectivity index (χ0) is 29.9. The Bertz CT molecular complexity index is 1180. The van der Waals surface area contributed by atoms with Crippen molar-refractivity contribution in [2.24, 2.45) is 0 Å². The minimum Gasteiger partial charge on any atom is -0.493 e. The molecule has 1 heterocycles. The summed E-state index contributed by atoms with van der Waals surface area (Å²) in [6.07, 6.45) is 14.2. The second-order valence-electron chi connectivity index (χ2n) is 10.3. The molecule has 42 heavy (non-hydrogen) atoms. The molecular weight excluding hydrogens is 573 g/mol. The van der Waals surface area contributed by atoms with E-state index in [1.54, 1.807) is 23.5 Å². The number of thiazole rings is 1. The highest BCUT2D eigenvalue weighted by Gasteiger charge is 2.27. The Hall–Kier alpha value is -2.42. The first-order valence-electron chi connectivity index (χ1n) is 15.0. The monoisotopic (exact) mass is 620 g/mol. The molecule has 3 aromatic rings. The molecule has 0 amide bonds. The van der Waals surface area contributed by atoms with Gasteiger partial charge >= 0.3 is 7.82 Å². The Kier molecular flexibility index (Phi) is 16.0. The third kappa shape index (κ3) is 13.7. The largest absolute Gasteiger partial charge is 0.527 e. The number of hydrogen-bond acceptors (Lipinski definition) is 7. The van der Waals surface area contributed by atoms with Gasteiger partial charge in [0.1, 0.15) is 30.0 Å². The minimum atomic E-state index is -4.40. The number of phosphoric ester groups is 1. The fraction of sp³-hybridized carbons (Fsp3) is 0.531. The van der Waals surface area contributed by atoms with Gasteiger partial charge in [0.2, 0.25) is 5.51 Å². The molecule has 2 unspecified atom stereocenters. The SMILES string of the molecule is CCCCCCCCCCCCOc1cccc(OCC(COP(=O)(O)Oc2ccccc2C[n+]2ccsc2)OC)c1. The minimum absolute atomic E-state index is 0.129. The molecule has 1 aromatic heterocycles. The number of benzene rings is 2. The lowest BCUT2D eigenvalue weighted by atomic mass is 10.1. The number of phosphoric acid groups is 1. The fourth-order valence-electron chi connectivity index (χ4n) is 4.41. The topological polar surface area (TPSA) is 87.3 Å². The van der Waals surface area contributed by atoms with Gasteiger partial charge in [-0.15, -0.1) is 0 Å². The average Bonchev–Trinajstić information content (AvgIpc) is 3.50. The number of ether oxygens (including phenoxy) is 3. The Morgan fingerprint density at radius 3 is 2.26 bits per heavy atom. The summed E-state index contributed by atoms with van der Waals surface area (Å²) >= 11 is 1.56. The molecule has 2 aromatic carbocycles. The quantitative estimate of drug-likeness (QED) is 0.0654. The van der Waals surface area contributed by atoms with Crippen molar-refractivity contribution in [3.05, 3.63) is 71.2 Å². The lowest BCUT2D eigenvalue weighted by Crippen LogP contribution is -2.30. The van der Waals surface area contributed by atoms with Gasteiger partial charge in [0.25, 0.3) is 0 Å². The van der Waals surface area contributed by atoms with Crippen molar-refractivity contribution in [3.63, 3.8) is 0 Å². The summed E-state index contributed by atoms with van der Waals surface area (Å²) < 4.78 is 42.6. The van der Waals surface area contributed by atoms with Crippen LogP contribution < -0.4 is 18.6 Å². The maximum absolute atomic E-state index is 12.7. The molecule has 8 nitrogen and oxygen atoms in total. The van der Waals surface area contributed by atoms with Gasteiger partial charge in [0.05, 0.1) is 24.2 Å². The molecule has 1 N–H and O–H groups in total. The van der Waals surface area contributed by atoms with Gasteiger partial charge in [-0.25, -0.2) is 4.57 Å². The van der Waals surface area contributed by atoms with Crippen LogP contribution in [0, 0.1) is 0 Å². The van der Waals surface area contributed by atoms with E-state index in [9.17, 15) is 9.46 Å². The molecular formula is C32H47NO7PS+. The lowest BCUT2D eigenvalue weighted by Gasteiger charge is -2.19. The van der Waals surface area contributed by atoms with Gasteiger partial charge in [-0.3, -0.25) is 9.42 Å². The first-order valence-corrected chi connectivity index (χ1v) is 17.5. The fourth-order valence-corrected chi connectivity index (χ4v) is 5.84. The number of aromatic nitrogens is 1. The van der Waals surface area contributed by atoms with Crippen LogP contribution in [-0.2, 0) is 20.4 Å². The molecule has 0 saturated heterocycles. The third-order valence-corrected chi connectivity index (χ3v) is 8.41. The van der Waals surface area contributed by atoms with E-state index in [0.29, 0.717) is 24.7 Å². The summed E-state index contributed by atoms with van der Waals surface area (Å²) in [6.45, 7) is 3.39. The van der Waals surface area contributed by atoms with E-state index in [0.717, 1.165) is 17.7 Å². The summed E-state index contributed by atoms with van der Waals surface area (Å²) in [5, 5.41) is 1.96. The standard InChI is InChI=1S/C32H46NO7PS/c1-3-4-5-6-7-8-9-10-11-14-21-37-29-17-15-18-30(23-29)38-25-31(36-2)26-39-41(34,35)40-32-19-13-12-16-28(32)24-33-20-22-42-27-33/h12-13,15-20,22-23,27,31H,3-11,14,21,24-26H2,1-2H3/p+1. The molecule has 0 radical (unpaired) electrons. The van der Waals surface area contributed by atoms with E-state index in [1.165, 1.54) is 64.9 Å². The van der Waals surface area contributed by atoms with E-state index in [4.69, 9.17) is 23.3 Å². The number of nitrogens with zero attached hydrogens (tertiary/aromatic N) is 1. The molecule has 0 spiro atoms. The zero-order valence-corrected chi connectivity index (χ0v) is 26.7. The predicted octanol–water partition coefficient (Wildman–Crippen LogP) is 7.97. The maximum Gasteiger partial charge on any atom is 0.527 e. The van der Waals surface area contributed by atoms with Crippen LogP contribution in [-0.4, -0.2) is 37.9 Å². The van der Waals surface area contributed by atoms with Crippen molar-refractivity contribution >= 4 is 19.2 Å². The van der Waals surface area contributed by atoms with Crippen molar-refractivity contribution in [2.75, 3.05) is 26.9 Å². The highest BCUT2D eigenvalue weighted by molar-refractivity contribution is 7.47. The van der Waals surface area contributed by atoms with E-state index in [1.807, 2.05) is 58.1 Å². The van der Waals surface area contributed by atoms with Gasteiger partial charge in [-0.1, -0.05) is 94.2 Å². The highest BCUT2D eigenvalue weighted by atomic mass is 32.1. The van der Waals surface area contributed by atoms with Crippen LogP contribution in [0.4, 0.5) is 0 Å². The maximum atomic E-state index is 12.7. The number of para-hydroxylation sites is 1. The van der Waals surface area contributed by atoms with Crippen LogP contribution in [0.2, 0.25) is 0 Å². The molecule has 232 valence electrons. The zero-order valence-electron chi connectivity index (χ0n) is 25.0. The average molecular weight is 621 g/mol. The molecule has 0 aliphatic carbocycles. The number of unbranched alkanes of at least 4 members (excludes halogenated alkanes) is 9. The van der Waals surface area contributed by atoms with Crippen molar-refractivity contribution in [1.29, 1.82) is 0 Å². The smallest absolute Gasteiger partial charge is 0.493 e. The summed E-state index contributed by atoms with van der Waals surface area (Å²) in [5.74, 6) is 1.67. The third-order valence-electron chi connectivity index (χ3n) is 6.83. The summed E-state index contributed by atoms with van der Waals surface area (Å²) in [7, 11) is -2.90. The van der Waals surface area contributed by atoms with Crippen LogP contribution >= 0.6 is 19.2 Å². The number of methoxy groups -OCH3 is 1. The Morgan fingerprint density at radius 1 is 0.881 bits per heavy atom. The molecule has 3 rings (SSSR count). The van der Waals surface area contributed by atoms with Gasteiger partial charge in [0, 0.05) is 13.2 Å². The van der Waals surface area contributed by atoms with Gasteiger partial charge in [-0.05, 0) is 30.7 Å². The Labute approximate surface area is 255 Å². The summed E-state index contributed by atoms with van der Waals surface area (Å²) in [6, 6.07) is 14.6. The Balaban J connectivity index is 1.35. The second kappa shape index (κ2) is 19.7.